The molecule has 0 aliphatic rings. The number of urea groups is 2. The molecule has 0 spiro atoms. The minimum absolute atomic E-state index is 0.0272. The van der Waals surface area contributed by atoms with Gasteiger partial charge in [-0.25, -0.2) is 9.59 Å². The molecule has 5 N–H and O–H groups in total. The van der Waals surface area contributed by atoms with Gasteiger partial charge in [0.05, 0.1) is 33.0 Å². The van der Waals surface area contributed by atoms with E-state index in [0.29, 0.717) is 26.2 Å². The van der Waals surface area contributed by atoms with Crippen molar-refractivity contribution in [1.82, 2.24) is 15.1 Å². The highest BCUT2D eigenvalue weighted by Gasteiger charge is 2.22. The number of aryl methyl sites for hydroxylation is 6. The molecule has 3 aromatic carbocycles. The summed E-state index contributed by atoms with van der Waals surface area (Å²) < 4.78 is 3.17. The summed E-state index contributed by atoms with van der Waals surface area (Å²) in [6, 6.07) is 11.4. The van der Waals surface area contributed by atoms with Crippen molar-refractivity contribution >= 4 is 133 Å². The molecule has 3 rings (SSSR count). The second kappa shape index (κ2) is 36.2. The second-order valence-corrected chi connectivity index (χ2v) is 19.2. The number of rotatable bonds is 15. The smallest absolute Gasteiger partial charge is 0.395 e. The highest BCUT2D eigenvalue weighted by atomic mass is 79.9. The average Bonchev–Trinajstić information content (AvgIpc) is 3.23. The zero-order chi connectivity index (χ0) is 50.6. The molecule has 0 heterocycles. The van der Waals surface area contributed by atoms with Crippen molar-refractivity contribution in [3.63, 3.8) is 0 Å². The van der Waals surface area contributed by atoms with Crippen molar-refractivity contribution in [1.29, 1.82) is 0 Å². The van der Waals surface area contributed by atoms with E-state index in [1.807, 2.05) is 91.8 Å². The third-order valence-electron chi connectivity index (χ3n) is 8.98. The molecule has 13 nitrogen and oxygen atoms in total. The number of carbonyl (C=O) groups excluding carboxylic acids is 3. The maximum absolute atomic E-state index is 12.5. The van der Waals surface area contributed by atoms with Crippen LogP contribution < -0.4 is 20.0 Å². The quantitative estimate of drug-likeness (QED) is 0.0571. The van der Waals surface area contributed by atoms with Crippen LogP contribution in [0.1, 0.15) is 60.1 Å². The van der Waals surface area contributed by atoms with E-state index in [0.717, 1.165) is 76.7 Å². The summed E-state index contributed by atoms with van der Waals surface area (Å²) in [4.78, 5) is 43.2. The first-order chi connectivity index (χ1) is 30.4. The number of carbonyl (C=O) groups is 3. The number of amides is 5. The molecule has 0 saturated heterocycles. The SMILES string of the molecule is CCCN(C(=O)Cl)c1cc(C)c(Br)c(C)c1.CCCN(C(=O)N(C)CCO)c1cc(C)c(Br)c(C)c1.CNCCO.Cc1cc(N(CCO)C(=O)N(C)CCO)cc(C)c1Br.ClB(Cl)Cl. The number of likely N-dealkylation sites (N-methyl/N-ethyl adjacent to an activating group) is 3. The third-order valence-corrected chi connectivity index (χ3v) is 12.9. The topological polar surface area (TPSA) is 160 Å². The highest BCUT2D eigenvalue weighted by molar-refractivity contribution is 9.11. The number of aliphatic hydroxyl groups is 4. The van der Waals surface area contributed by atoms with Gasteiger partial charge in [0.15, 0.2) is 0 Å². The number of halogens is 7. The number of benzene rings is 3. The molecule has 3 aromatic rings. The van der Waals surface area contributed by atoms with E-state index in [1.165, 1.54) is 9.80 Å². The van der Waals surface area contributed by atoms with Gasteiger partial charge in [0, 0.05) is 77.3 Å². The minimum atomic E-state index is -0.750. The first-order valence-corrected chi connectivity index (χ1v) is 24.9. The number of nitrogens with zero attached hydrogens (tertiary/aromatic N) is 5. The lowest BCUT2D eigenvalue weighted by Gasteiger charge is -2.28. The Hall–Kier alpha value is -1.87. The van der Waals surface area contributed by atoms with Crippen LogP contribution in [-0.4, -0.2) is 139 Å². The predicted octanol–water partition coefficient (Wildman–Crippen LogP) is 10.8. The molecular weight excluding hydrogens is 1120 g/mol. The van der Waals surface area contributed by atoms with Gasteiger partial charge in [-0.2, -0.15) is 34.4 Å². The summed E-state index contributed by atoms with van der Waals surface area (Å²) in [6.45, 7) is 18.8. The fraction of sp³-hybridized carbons (Fsp3) is 0.523. The molecule has 5 amide bonds. The van der Waals surface area contributed by atoms with E-state index in [-0.39, 0.29) is 51.6 Å². The molecule has 368 valence electrons. The van der Waals surface area contributed by atoms with Gasteiger partial charge in [-0.1, -0.05) is 61.6 Å². The second-order valence-electron chi connectivity index (χ2n) is 14.5. The fourth-order valence-electron chi connectivity index (χ4n) is 5.79. The molecule has 21 heteroatoms. The van der Waals surface area contributed by atoms with Crippen LogP contribution in [0.3, 0.4) is 0 Å². The first kappa shape index (κ1) is 65.2. The summed E-state index contributed by atoms with van der Waals surface area (Å²) in [6.07, 6.45) is 1.76. The van der Waals surface area contributed by atoms with Crippen molar-refractivity contribution in [2.45, 2.75) is 68.2 Å². The van der Waals surface area contributed by atoms with Gasteiger partial charge in [0.1, 0.15) is 0 Å². The van der Waals surface area contributed by atoms with Crippen LogP contribution in [0.25, 0.3) is 0 Å². The van der Waals surface area contributed by atoms with Gasteiger partial charge in [0.2, 0.25) is 0 Å². The summed E-state index contributed by atoms with van der Waals surface area (Å²) in [5.74, 6) is 0. The molecular formula is C44H68BBr3Cl4N6O7. The van der Waals surface area contributed by atoms with Crippen LogP contribution in [0.5, 0.6) is 0 Å². The van der Waals surface area contributed by atoms with E-state index in [2.05, 4.69) is 53.1 Å². The zero-order valence-corrected chi connectivity index (χ0v) is 47.2. The summed E-state index contributed by atoms with van der Waals surface area (Å²) in [5.41, 5.74) is 8.99. The van der Waals surface area contributed by atoms with Gasteiger partial charge in [-0.05, 0) is 143 Å². The summed E-state index contributed by atoms with van der Waals surface area (Å²) in [7, 11) is 5.14. The fourth-order valence-corrected chi connectivity index (χ4v) is 6.66. The van der Waals surface area contributed by atoms with Crippen LogP contribution in [-0.2, 0) is 0 Å². The van der Waals surface area contributed by atoms with Crippen LogP contribution in [0.2, 0.25) is 0 Å². The number of nitrogens with one attached hydrogen (secondary N) is 1. The molecule has 0 aromatic heterocycles. The Morgan fingerprint density at radius 1 is 0.538 bits per heavy atom. The normalized spacial score (nSPS) is 10.1. The van der Waals surface area contributed by atoms with Gasteiger partial charge in [-0.3, -0.25) is 19.5 Å². The molecule has 0 bridgehead atoms. The van der Waals surface area contributed by atoms with E-state index in [1.54, 1.807) is 35.8 Å². The lowest BCUT2D eigenvalue weighted by molar-refractivity contribution is 0.194. The van der Waals surface area contributed by atoms with Crippen LogP contribution in [0.15, 0.2) is 49.8 Å². The van der Waals surface area contributed by atoms with Crippen molar-refractivity contribution in [3.05, 3.63) is 83.2 Å². The van der Waals surface area contributed by atoms with E-state index in [4.69, 9.17) is 61.3 Å². The average molecular weight is 1190 g/mol. The standard InChI is InChI=1S/C15H23BrN2O2.C14H21BrN2O3.C12H15BrClNO.C3H9NO.BCl3/c1-5-6-18(15(20)17(4)7-8-19)13-9-11(2)14(16)12(3)10-13;1-10-8-12(9-11(2)13(10)15)17(5-7-19)14(20)16(3)4-6-18;1-4-5-15(12(14)16)10-6-8(2)11(13)9(3)7-10;1-4-2-3-5;2-1(3)4/h9-10,19H,5-8H2,1-4H3;8-9,18-19H,4-7H2,1-3H3;6-7H,4-5H2,1-3H3;4-5H,2-3H2,1H3;. The summed E-state index contributed by atoms with van der Waals surface area (Å²) in [5, 5.41) is 37.4. The Labute approximate surface area is 432 Å². The van der Waals surface area contributed by atoms with Gasteiger partial charge in [0.25, 0.3) is 0 Å². The lowest BCUT2D eigenvalue weighted by Crippen LogP contribution is -2.43. The van der Waals surface area contributed by atoms with E-state index >= 15 is 0 Å². The Kier molecular flexibility index (Phi) is 36.3. The molecule has 0 unspecified atom stereocenters. The number of aliphatic hydroxyl groups excluding tert-OH is 4. The van der Waals surface area contributed by atoms with Gasteiger partial charge < -0.3 is 35.5 Å². The number of hydrogen-bond acceptors (Lipinski definition) is 8. The Bertz CT molecular complexity index is 1730. The molecule has 0 atom stereocenters. The molecule has 0 radical (unpaired) electrons. The third kappa shape index (κ3) is 24.8. The molecule has 0 fully saturated rings. The van der Waals surface area contributed by atoms with Crippen molar-refractivity contribution < 1.29 is 34.8 Å². The minimum Gasteiger partial charge on any atom is -0.395 e. The molecule has 0 aliphatic carbocycles. The van der Waals surface area contributed by atoms with Crippen molar-refractivity contribution in [3.8, 4) is 0 Å². The zero-order valence-electron chi connectivity index (χ0n) is 39.4. The van der Waals surface area contributed by atoms with Crippen LogP contribution in [0, 0.1) is 41.5 Å². The Morgan fingerprint density at radius 2 is 0.800 bits per heavy atom. The molecule has 0 saturated carbocycles. The Balaban J connectivity index is 0. The van der Waals surface area contributed by atoms with Gasteiger partial charge in [-0.15, -0.1) is 0 Å². The highest BCUT2D eigenvalue weighted by Crippen LogP contribution is 2.30. The van der Waals surface area contributed by atoms with Crippen LogP contribution in [0.4, 0.5) is 31.4 Å². The first-order valence-electron chi connectivity index (χ1n) is 20.8. The lowest BCUT2D eigenvalue weighted by atomic mass is 10.1. The van der Waals surface area contributed by atoms with E-state index < -0.39 is 10.3 Å². The van der Waals surface area contributed by atoms with Crippen molar-refractivity contribution in [2.24, 2.45) is 0 Å². The summed E-state index contributed by atoms with van der Waals surface area (Å²) >= 11 is 30.5. The molecule has 65 heavy (non-hydrogen) atoms. The van der Waals surface area contributed by atoms with E-state index in [9.17, 15) is 19.5 Å². The van der Waals surface area contributed by atoms with Gasteiger partial charge >= 0.3 is 22.4 Å². The predicted molar refractivity (Wildman–Crippen MR) is 286 cm³/mol. The molecule has 0 aliphatic heterocycles. The Morgan fingerprint density at radius 3 is 1.02 bits per heavy atom. The maximum atomic E-state index is 12.5. The maximum Gasteiger partial charge on any atom is 0.450 e. The van der Waals surface area contributed by atoms with Crippen molar-refractivity contribution in [2.75, 3.05) is 102 Å². The van der Waals surface area contributed by atoms with Crippen LogP contribution >= 0.6 is 93.8 Å². The number of hydrogen-bond donors (Lipinski definition) is 5. The largest absolute Gasteiger partial charge is 0.450 e. The number of anilines is 3. The monoisotopic (exact) mass is 1180 g/mol.